The molecular formula is C28H22N8O3. The van der Waals surface area contributed by atoms with Crippen molar-refractivity contribution in [1.29, 1.82) is 0 Å². The van der Waals surface area contributed by atoms with Crippen molar-refractivity contribution in [3.63, 3.8) is 0 Å². The summed E-state index contributed by atoms with van der Waals surface area (Å²) in [6.07, 6.45) is 3.18. The summed E-state index contributed by atoms with van der Waals surface area (Å²) in [6.45, 7) is 5.82. The fourth-order valence-corrected chi connectivity index (χ4v) is 4.17. The molecule has 0 radical (unpaired) electrons. The maximum Gasteiger partial charge on any atom is 0.325 e. The number of carbonyl (C=O) groups excluding carboxylic acids is 1. The van der Waals surface area contributed by atoms with E-state index in [0.717, 1.165) is 11.3 Å². The zero-order chi connectivity index (χ0) is 26.9. The number of benzene rings is 2. The van der Waals surface area contributed by atoms with Crippen LogP contribution < -0.4 is 21.1 Å². The lowest BCUT2D eigenvalue weighted by Crippen LogP contribution is -2.21. The molecule has 0 saturated heterocycles. The number of hydrogen-bond acceptors (Lipinski definition) is 6. The number of nitrogens with zero attached hydrogens (tertiary/aromatic N) is 4. The van der Waals surface area contributed by atoms with Crippen molar-refractivity contribution < 1.29 is 9.53 Å². The van der Waals surface area contributed by atoms with Crippen LogP contribution in [0, 0.1) is 0 Å². The summed E-state index contributed by atoms with van der Waals surface area (Å²) in [7, 11) is 0. The molecule has 0 spiro atoms. The Balaban J connectivity index is 1.30. The van der Waals surface area contributed by atoms with E-state index in [-0.39, 0.29) is 5.69 Å². The molecule has 0 aliphatic heterocycles. The molecule has 6 rings (SSSR count). The highest BCUT2D eigenvalue weighted by molar-refractivity contribution is 6.06. The molecule has 39 heavy (non-hydrogen) atoms. The van der Waals surface area contributed by atoms with Crippen LogP contribution in [0.1, 0.15) is 12.6 Å². The average Bonchev–Trinajstić information content (AvgIpc) is 3.54. The Bertz CT molecular complexity index is 1920. The predicted molar refractivity (Wildman–Crippen MR) is 149 cm³/mol. The monoisotopic (exact) mass is 518 g/mol. The first-order valence-corrected chi connectivity index (χ1v) is 12.0. The van der Waals surface area contributed by atoms with E-state index in [0.29, 0.717) is 50.8 Å². The fraction of sp³-hybridized carbons (Fsp3) is 0.0357. The van der Waals surface area contributed by atoms with E-state index in [1.54, 1.807) is 47.4 Å². The number of amides is 2. The van der Waals surface area contributed by atoms with E-state index >= 15 is 0 Å². The highest BCUT2D eigenvalue weighted by Gasteiger charge is 2.16. The second-order valence-electron chi connectivity index (χ2n) is 8.75. The van der Waals surface area contributed by atoms with Gasteiger partial charge < -0.3 is 15.0 Å². The van der Waals surface area contributed by atoms with E-state index in [4.69, 9.17) is 4.74 Å². The Labute approximate surface area is 221 Å². The molecule has 4 aromatic heterocycles. The van der Waals surface area contributed by atoms with Crippen molar-refractivity contribution in [2.24, 2.45) is 0 Å². The van der Waals surface area contributed by atoms with Crippen molar-refractivity contribution in [2.75, 3.05) is 10.6 Å². The minimum Gasteiger partial charge on any atom is -0.454 e. The SMILES string of the molecule is C=C(C)c1cc(NC(=O)Nc2ccc(Oc3ccnc4[nH]c(=O)[nH]c34)c3cccnc23)n(-c2ccccc2)n1. The Morgan fingerprint density at radius 3 is 2.62 bits per heavy atom. The highest BCUT2D eigenvalue weighted by atomic mass is 16.5. The van der Waals surface area contributed by atoms with Crippen LogP contribution >= 0.6 is 0 Å². The van der Waals surface area contributed by atoms with E-state index in [1.807, 2.05) is 43.3 Å². The van der Waals surface area contributed by atoms with Gasteiger partial charge in [0.05, 0.1) is 22.6 Å². The van der Waals surface area contributed by atoms with Crippen molar-refractivity contribution in [2.45, 2.75) is 6.92 Å². The van der Waals surface area contributed by atoms with Gasteiger partial charge in [-0.25, -0.2) is 19.3 Å². The molecule has 0 saturated carbocycles. The van der Waals surface area contributed by atoms with Gasteiger partial charge in [-0.3, -0.25) is 15.3 Å². The van der Waals surface area contributed by atoms with Gasteiger partial charge in [0.2, 0.25) is 0 Å². The van der Waals surface area contributed by atoms with Crippen LogP contribution in [0.15, 0.2) is 90.5 Å². The number of H-pyrrole nitrogens is 2. The number of anilines is 2. The average molecular weight is 519 g/mol. The molecule has 0 aliphatic rings. The number of urea groups is 1. The fourth-order valence-electron chi connectivity index (χ4n) is 4.17. The van der Waals surface area contributed by atoms with Crippen LogP contribution in [0.4, 0.5) is 16.3 Å². The second kappa shape index (κ2) is 9.63. The minimum atomic E-state index is -0.471. The quantitative estimate of drug-likeness (QED) is 0.231. The zero-order valence-electron chi connectivity index (χ0n) is 20.7. The molecule has 4 heterocycles. The Morgan fingerprint density at radius 2 is 1.79 bits per heavy atom. The van der Waals surface area contributed by atoms with Gasteiger partial charge in [0.15, 0.2) is 11.4 Å². The van der Waals surface area contributed by atoms with Crippen LogP contribution in [0.3, 0.4) is 0 Å². The maximum atomic E-state index is 13.1. The molecule has 192 valence electrons. The third kappa shape index (κ3) is 4.60. The van der Waals surface area contributed by atoms with Crippen molar-refractivity contribution >= 4 is 45.2 Å². The van der Waals surface area contributed by atoms with Crippen molar-refractivity contribution in [1.82, 2.24) is 29.7 Å². The molecule has 4 N–H and O–H groups in total. The molecule has 0 fully saturated rings. The van der Waals surface area contributed by atoms with E-state index < -0.39 is 6.03 Å². The first-order chi connectivity index (χ1) is 19.0. The van der Waals surface area contributed by atoms with E-state index in [9.17, 15) is 9.59 Å². The van der Waals surface area contributed by atoms with Crippen LogP contribution in [-0.2, 0) is 0 Å². The standard InChI is InChI=1S/C28H22N8O3/c1-16(2)20-15-23(36(35-20)17-7-4-3-5-8-17)32-27(37)31-19-10-11-21(18-9-6-13-29-24(18)19)39-22-12-14-30-26-25(22)33-28(38)34-26/h3-15H,1H2,2H3,(H2,31,32,37)(H2,30,33,34,38). The number of para-hydroxylation sites is 1. The molecule has 0 unspecified atom stereocenters. The molecule has 11 heteroatoms. The molecule has 2 amide bonds. The van der Waals surface area contributed by atoms with Gasteiger partial charge >= 0.3 is 11.7 Å². The zero-order valence-corrected chi connectivity index (χ0v) is 20.7. The van der Waals surface area contributed by atoms with Gasteiger partial charge in [-0.15, -0.1) is 0 Å². The summed E-state index contributed by atoms with van der Waals surface area (Å²) < 4.78 is 7.80. The number of fused-ring (bicyclic) bond motifs is 2. The maximum absolute atomic E-state index is 13.1. The van der Waals surface area contributed by atoms with Crippen LogP contribution in [0.2, 0.25) is 0 Å². The number of aromatic amines is 2. The van der Waals surface area contributed by atoms with Crippen LogP contribution in [-0.4, -0.2) is 35.7 Å². The second-order valence-corrected chi connectivity index (χ2v) is 8.75. The Morgan fingerprint density at radius 1 is 0.949 bits per heavy atom. The predicted octanol–water partition coefficient (Wildman–Crippen LogP) is 5.45. The van der Waals surface area contributed by atoms with Crippen LogP contribution in [0.5, 0.6) is 11.5 Å². The van der Waals surface area contributed by atoms with Crippen LogP contribution in [0.25, 0.3) is 33.3 Å². The van der Waals surface area contributed by atoms with Gasteiger partial charge in [0, 0.05) is 29.9 Å². The number of hydrogen-bond donors (Lipinski definition) is 4. The van der Waals surface area contributed by atoms with E-state index in [2.05, 4.69) is 42.2 Å². The van der Waals surface area contributed by atoms with Gasteiger partial charge in [0.1, 0.15) is 17.1 Å². The Hall–Kier alpha value is -5.71. The Kier molecular flexibility index (Phi) is 5.85. The summed E-state index contributed by atoms with van der Waals surface area (Å²) >= 11 is 0. The molecule has 6 aromatic rings. The van der Waals surface area contributed by atoms with Gasteiger partial charge in [-0.05, 0) is 48.9 Å². The van der Waals surface area contributed by atoms with Crippen molar-refractivity contribution in [3.8, 4) is 17.2 Å². The summed E-state index contributed by atoms with van der Waals surface area (Å²) in [4.78, 5) is 38.8. The minimum absolute atomic E-state index is 0.380. The first-order valence-electron chi connectivity index (χ1n) is 12.0. The third-order valence-corrected chi connectivity index (χ3v) is 5.97. The lowest BCUT2D eigenvalue weighted by atomic mass is 10.1. The van der Waals surface area contributed by atoms with Gasteiger partial charge in [-0.2, -0.15) is 5.10 Å². The summed E-state index contributed by atoms with van der Waals surface area (Å²) in [5, 5.41) is 11.0. The smallest absolute Gasteiger partial charge is 0.325 e. The number of ether oxygens (including phenoxy) is 1. The van der Waals surface area contributed by atoms with Crippen molar-refractivity contribution in [3.05, 3.63) is 102 Å². The number of carbonyl (C=O) groups is 1. The molecule has 0 atom stereocenters. The summed E-state index contributed by atoms with van der Waals surface area (Å²) in [5.41, 5.74) is 3.70. The molecule has 0 bridgehead atoms. The molecule has 0 aliphatic carbocycles. The summed E-state index contributed by atoms with van der Waals surface area (Å²) in [6, 6.07) is 19.5. The lowest BCUT2D eigenvalue weighted by molar-refractivity contribution is 0.262. The topological polar surface area (TPSA) is 143 Å². The molecule has 11 nitrogen and oxygen atoms in total. The largest absolute Gasteiger partial charge is 0.454 e. The number of rotatable bonds is 6. The molecular weight excluding hydrogens is 496 g/mol. The summed E-state index contributed by atoms with van der Waals surface area (Å²) in [5.74, 6) is 1.40. The molecule has 2 aromatic carbocycles. The lowest BCUT2D eigenvalue weighted by Gasteiger charge is -2.14. The highest BCUT2D eigenvalue weighted by Crippen LogP contribution is 2.35. The van der Waals surface area contributed by atoms with Gasteiger partial charge in [-0.1, -0.05) is 24.8 Å². The van der Waals surface area contributed by atoms with Gasteiger partial charge in [0.25, 0.3) is 0 Å². The number of nitrogens with one attached hydrogen (secondary N) is 4. The third-order valence-electron chi connectivity index (χ3n) is 5.97. The number of aromatic nitrogens is 6. The van der Waals surface area contributed by atoms with E-state index in [1.165, 1.54) is 0 Å². The first kappa shape index (κ1) is 23.7. The number of allylic oxidation sites excluding steroid dienone is 1. The number of imidazole rings is 1. The number of pyridine rings is 2. The normalized spacial score (nSPS) is 11.0.